The predicted octanol–water partition coefficient (Wildman–Crippen LogP) is 1.64. The van der Waals surface area contributed by atoms with Gasteiger partial charge in [-0.3, -0.25) is 14.9 Å². The molecule has 0 spiro atoms. The highest BCUT2D eigenvalue weighted by molar-refractivity contribution is 5.84. The maximum Gasteiger partial charge on any atom is 0.270 e. The number of nitro groups is 1. The first-order valence-corrected chi connectivity index (χ1v) is 5.42. The number of benzene rings is 1. The minimum atomic E-state index is -0.429. The molecule has 0 fully saturated rings. The van der Waals surface area contributed by atoms with Gasteiger partial charge in [0.1, 0.15) is 6.54 Å². The van der Waals surface area contributed by atoms with Crippen LogP contribution in [0.2, 0.25) is 0 Å². The van der Waals surface area contributed by atoms with Crippen molar-refractivity contribution in [3.05, 3.63) is 40.6 Å². The summed E-state index contributed by atoms with van der Waals surface area (Å²) in [6.07, 6.45) is 1.76. The van der Waals surface area contributed by atoms with Crippen molar-refractivity contribution in [2.45, 2.75) is 6.54 Å². The Labute approximate surface area is 104 Å². The van der Waals surface area contributed by atoms with Crippen LogP contribution in [-0.4, -0.2) is 34.4 Å². The van der Waals surface area contributed by atoms with Crippen molar-refractivity contribution < 1.29 is 9.72 Å². The van der Waals surface area contributed by atoms with Crippen molar-refractivity contribution in [2.24, 2.45) is 0 Å². The average molecular weight is 247 g/mol. The monoisotopic (exact) mass is 247 g/mol. The van der Waals surface area contributed by atoms with E-state index in [2.05, 4.69) is 0 Å². The van der Waals surface area contributed by atoms with E-state index in [4.69, 9.17) is 0 Å². The van der Waals surface area contributed by atoms with E-state index in [1.54, 1.807) is 37.0 Å². The highest BCUT2D eigenvalue weighted by Gasteiger charge is 2.11. The van der Waals surface area contributed by atoms with Gasteiger partial charge in [-0.15, -0.1) is 0 Å². The summed E-state index contributed by atoms with van der Waals surface area (Å²) in [6, 6.07) is 6.38. The van der Waals surface area contributed by atoms with E-state index in [1.807, 2.05) is 0 Å². The Morgan fingerprint density at radius 1 is 1.39 bits per heavy atom. The molecule has 1 aromatic carbocycles. The van der Waals surface area contributed by atoms with Crippen molar-refractivity contribution in [2.75, 3.05) is 14.1 Å². The van der Waals surface area contributed by atoms with Gasteiger partial charge in [0, 0.05) is 43.3 Å². The maximum absolute atomic E-state index is 11.6. The van der Waals surface area contributed by atoms with E-state index in [-0.39, 0.29) is 18.1 Å². The second-order valence-corrected chi connectivity index (χ2v) is 4.23. The molecule has 0 bridgehead atoms. The Balaban J connectivity index is 2.37. The molecule has 0 saturated heterocycles. The van der Waals surface area contributed by atoms with Gasteiger partial charge in [-0.25, -0.2) is 0 Å². The van der Waals surface area contributed by atoms with E-state index >= 15 is 0 Å². The first-order chi connectivity index (χ1) is 8.49. The number of aromatic nitrogens is 1. The standard InChI is InChI=1S/C12H13N3O3/c1-13(2)12(16)8-14-6-5-9-7-10(15(17)18)3-4-11(9)14/h3-7H,8H2,1-2H3. The molecule has 0 saturated carbocycles. The summed E-state index contributed by atoms with van der Waals surface area (Å²) in [4.78, 5) is 23.4. The zero-order valence-corrected chi connectivity index (χ0v) is 10.2. The normalized spacial score (nSPS) is 10.6. The number of likely N-dealkylation sites (N-methyl/N-ethyl adjacent to an activating group) is 1. The number of carbonyl (C=O) groups excluding carboxylic acids is 1. The topological polar surface area (TPSA) is 68.4 Å². The zero-order chi connectivity index (χ0) is 13.3. The van der Waals surface area contributed by atoms with Crippen LogP contribution in [0.4, 0.5) is 5.69 Å². The molecule has 0 aliphatic heterocycles. The highest BCUT2D eigenvalue weighted by atomic mass is 16.6. The number of non-ortho nitro benzene ring substituents is 1. The Morgan fingerprint density at radius 2 is 2.11 bits per heavy atom. The number of nitro benzene ring substituents is 1. The van der Waals surface area contributed by atoms with Crippen molar-refractivity contribution in [1.82, 2.24) is 9.47 Å². The van der Waals surface area contributed by atoms with E-state index in [1.165, 1.54) is 17.0 Å². The molecular weight excluding hydrogens is 234 g/mol. The minimum absolute atomic E-state index is 0.0224. The second-order valence-electron chi connectivity index (χ2n) is 4.23. The van der Waals surface area contributed by atoms with Crippen molar-refractivity contribution >= 4 is 22.5 Å². The van der Waals surface area contributed by atoms with Gasteiger partial charge in [-0.1, -0.05) is 0 Å². The van der Waals surface area contributed by atoms with Gasteiger partial charge < -0.3 is 9.47 Å². The molecule has 1 heterocycles. The summed E-state index contributed by atoms with van der Waals surface area (Å²) in [5, 5.41) is 11.4. The van der Waals surface area contributed by atoms with Crippen LogP contribution in [0.15, 0.2) is 30.5 Å². The summed E-state index contributed by atoms with van der Waals surface area (Å²) in [6.45, 7) is 0.230. The van der Waals surface area contributed by atoms with Gasteiger partial charge in [-0.05, 0) is 12.1 Å². The number of hydrogen-bond acceptors (Lipinski definition) is 3. The van der Waals surface area contributed by atoms with Crippen molar-refractivity contribution in [3.63, 3.8) is 0 Å². The first kappa shape index (κ1) is 12.1. The number of rotatable bonds is 3. The quantitative estimate of drug-likeness (QED) is 0.611. The molecule has 2 rings (SSSR count). The lowest BCUT2D eigenvalue weighted by molar-refractivity contribution is -0.384. The molecule has 0 unspecified atom stereocenters. The minimum Gasteiger partial charge on any atom is -0.347 e. The third kappa shape index (κ3) is 2.17. The SMILES string of the molecule is CN(C)C(=O)Cn1ccc2cc([N+](=O)[O-])ccc21. The van der Waals surface area contributed by atoms with E-state index in [9.17, 15) is 14.9 Å². The smallest absolute Gasteiger partial charge is 0.270 e. The summed E-state index contributed by atoms with van der Waals surface area (Å²) >= 11 is 0. The molecule has 1 amide bonds. The van der Waals surface area contributed by atoms with Gasteiger partial charge in [0.05, 0.1) is 4.92 Å². The number of hydrogen-bond donors (Lipinski definition) is 0. The van der Waals surface area contributed by atoms with Gasteiger partial charge in [0.25, 0.3) is 5.69 Å². The number of amides is 1. The van der Waals surface area contributed by atoms with Crippen molar-refractivity contribution in [3.8, 4) is 0 Å². The van der Waals surface area contributed by atoms with Crippen LogP contribution in [0.5, 0.6) is 0 Å². The van der Waals surface area contributed by atoms with Gasteiger partial charge >= 0.3 is 0 Å². The molecule has 1 aromatic heterocycles. The van der Waals surface area contributed by atoms with Crippen LogP contribution in [0, 0.1) is 10.1 Å². The summed E-state index contributed by atoms with van der Waals surface area (Å²) in [5.41, 5.74) is 0.870. The van der Waals surface area contributed by atoms with Gasteiger partial charge in [-0.2, -0.15) is 0 Å². The van der Waals surface area contributed by atoms with Crippen LogP contribution in [0.25, 0.3) is 10.9 Å². The molecule has 2 aromatic rings. The molecule has 0 aliphatic rings. The highest BCUT2D eigenvalue weighted by Crippen LogP contribution is 2.21. The van der Waals surface area contributed by atoms with Crippen LogP contribution < -0.4 is 0 Å². The van der Waals surface area contributed by atoms with E-state index < -0.39 is 4.92 Å². The van der Waals surface area contributed by atoms with Crippen LogP contribution >= 0.6 is 0 Å². The Morgan fingerprint density at radius 3 is 2.72 bits per heavy atom. The van der Waals surface area contributed by atoms with Crippen LogP contribution in [0.3, 0.4) is 0 Å². The molecule has 0 atom stereocenters. The molecule has 94 valence electrons. The lowest BCUT2D eigenvalue weighted by Crippen LogP contribution is -2.25. The van der Waals surface area contributed by atoms with Gasteiger partial charge in [0.2, 0.25) is 5.91 Å². The maximum atomic E-state index is 11.6. The molecule has 6 nitrogen and oxygen atoms in total. The van der Waals surface area contributed by atoms with Crippen LogP contribution in [-0.2, 0) is 11.3 Å². The molecule has 0 aliphatic carbocycles. The second kappa shape index (κ2) is 4.48. The number of nitrogens with zero attached hydrogens (tertiary/aromatic N) is 3. The first-order valence-electron chi connectivity index (χ1n) is 5.42. The molecule has 0 radical (unpaired) electrons. The summed E-state index contributed by atoms with van der Waals surface area (Å²) in [7, 11) is 3.39. The fourth-order valence-electron chi connectivity index (χ4n) is 1.73. The third-order valence-electron chi connectivity index (χ3n) is 2.77. The molecule has 18 heavy (non-hydrogen) atoms. The van der Waals surface area contributed by atoms with E-state index in [0.29, 0.717) is 0 Å². The Hall–Kier alpha value is -2.37. The van der Waals surface area contributed by atoms with Crippen LogP contribution in [0.1, 0.15) is 0 Å². The molecule has 0 N–H and O–H groups in total. The van der Waals surface area contributed by atoms with Crippen molar-refractivity contribution in [1.29, 1.82) is 0 Å². The Kier molecular flexibility index (Phi) is 3.01. The fraction of sp³-hybridized carbons (Fsp3) is 0.250. The van der Waals surface area contributed by atoms with E-state index in [0.717, 1.165) is 10.9 Å². The Bertz CT molecular complexity index is 616. The largest absolute Gasteiger partial charge is 0.347 e. The van der Waals surface area contributed by atoms with Gasteiger partial charge in [0.15, 0.2) is 0 Å². The molecule has 6 heteroatoms. The molecular formula is C12H13N3O3. The summed E-state index contributed by atoms with van der Waals surface area (Å²) in [5.74, 6) is -0.0224. The third-order valence-corrected chi connectivity index (χ3v) is 2.77. The fourth-order valence-corrected chi connectivity index (χ4v) is 1.73. The number of fused-ring (bicyclic) bond motifs is 1. The number of carbonyl (C=O) groups is 1. The lowest BCUT2D eigenvalue weighted by atomic mass is 10.2. The predicted molar refractivity (Wildman–Crippen MR) is 67.3 cm³/mol. The summed E-state index contributed by atoms with van der Waals surface area (Å²) < 4.78 is 1.78. The average Bonchev–Trinajstić information content (AvgIpc) is 2.71. The zero-order valence-electron chi connectivity index (χ0n) is 10.2. The lowest BCUT2D eigenvalue weighted by Gasteiger charge is -2.11.